The standard InChI is InChI=1S/C18H27N3/c1-16-6-5-11-21(15-16)10-3-2-9-20-14-18-8-4-7-17(12-18)13-19/h4,7-8,12,16,20H,2-3,5-6,9-11,14-15H2,1H3. The van der Waals surface area contributed by atoms with Gasteiger partial charge in [0, 0.05) is 13.1 Å². The highest BCUT2D eigenvalue weighted by Crippen LogP contribution is 2.15. The van der Waals surface area contributed by atoms with Gasteiger partial charge in [-0.1, -0.05) is 19.1 Å². The van der Waals surface area contributed by atoms with E-state index in [1.165, 1.54) is 50.9 Å². The van der Waals surface area contributed by atoms with Gasteiger partial charge in [-0.05, 0) is 68.9 Å². The molecule has 1 aromatic carbocycles. The van der Waals surface area contributed by atoms with Gasteiger partial charge in [-0.3, -0.25) is 0 Å². The summed E-state index contributed by atoms with van der Waals surface area (Å²) >= 11 is 0. The number of nitriles is 1. The van der Waals surface area contributed by atoms with Gasteiger partial charge in [-0.15, -0.1) is 0 Å². The van der Waals surface area contributed by atoms with Gasteiger partial charge in [0.25, 0.3) is 0 Å². The minimum absolute atomic E-state index is 0.744. The second kappa shape index (κ2) is 8.81. The number of likely N-dealkylation sites (tertiary alicyclic amines) is 1. The zero-order valence-electron chi connectivity index (χ0n) is 13.1. The molecule has 1 atom stereocenters. The summed E-state index contributed by atoms with van der Waals surface area (Å²) in [5.74, 6) is 0.879. The van der Waals surface area contributed by atoms with E-state index in [2.05, 4.69) is 29.3 Å². The third kappa shape index (κ3) is 5.87. The molecule has 0 saturated carbocycles. The topological polar surface area (TPSA) is 39.1 Å². The number of hydrogen-bond acceptors (Lipinski definition) is 3. The van der Waals surface area contributed by atoms with Gasteiger partial charge in [0.15, 0.2) is 0 Å². The molecular formula is C18H27N3. The number of piperidine rings is 1. The number of nitrogens with one attached hydrogen (secondary N) is 1. The summed E-state index contributed by atoms with van der Waals surface area (Å²) in [4.78, 5) is 2.62. The Kier molecular flexibility index (Phi) is 6.72. The van der Waals surface area contributed by atoms with Crippen LogP contribution in [0.4, 0.5) is 0 Å². The van der Waals surface area contributed by atoms with E-state index in [0.29, 0.717) is 0 Å². The van der Waals surface area contributed by atoms with Crippen LogP contribution in [0.5, 0.6) is 0 Å². The molecule has 1 aliphatic heterocycles. The molecule has 1 unspecified atom stereocenters. The monoisotopic (exact) mass is 285 g/mol. The minimum Gasteiger partial charge on any atom is -0.313 e. The van der Waals surface area contributed by atoms with Crippen LogP contribution >= 0.6 is 0 Å². The fraction of sp³-hybridized carbons (Fsp3) is 0.611. The molecule has 1 heterocycles. The molecule has 1 fully saturated rings. The first kappa shape index (κ1) is 16.0. The number of hydrogen-bond donors (Lipinski definition) is 1. The van der Waals surface area contributed by atoms with E-state index in [1.54, 1.807) is 0 Å². The van der Waals surface area contributed by atoms with Crippen molar-refractivity contribution < 1.29 is 0 Å². The largest absolute Gasteiger partial charge is 0.313 e. The summed E-state index contributed by atoms with van der Waals surface area (Å²) in [7, 11) is 0. The molecule has 2 rings (SSSR count). The molecule has 1 saturated heterocycles. The number of rotatable bonds is 7. The quantitative estimate of drug-likeness (QED) is 0.782. The fourth-order valence-corrected chi connectivity index (χ4v) is 3.06. The highest BCUT2D eigenvalue weighted by Gasteiger charge is 2.14. The third-order valence-electron chi connectivity index (χ3n) is 4.20. The van der Waals surface area contributed by atoms with Crippen LogP contribution in [0.15, 0.2) is 24.3 Å². The molecule has 0 aromatic heterocycles. The van der Waals surface area contributed by atoms with Crippen molar-refractivity contribution in [3.63, 3.8) is 0 Å². The van der Waals surface area contributed by atoms with Crippen LogP contribution < -0.4 is 5.32 Å². The summed E-state index contributed by atoms with van der Waals surface area (Å²) in [6.45, 7) is 8.10. The van der Waals surface area contributed by atoms with E-state index in [9.17, 15) is 0 Å². The summed E-state index contributed by atoms with van der Waals surface area (Å²) in [5.41, 5.74) is 1.94. The van der Waals surface area contributed by atoms with E-state index in [-0.39, 0.29) is 0 Å². The maximum atomic E-state index is 8.87. The van der Waals surface area contributed by atoms with Crippen molar-refractivity contribution in [2.24, 2.45) is 5.92 Å². The van der Waals surface area contributed by atoms with E-state index >= 15 is 0 Å². The molecule has 3 nitrogen and oxygen atoms in total. The Labute approximate surface area is 129 Å². The number of unbranched alkanes of at least 4 members (excludes halogenated alkanes) is 1. The Balaban J connectivity index is 1.54. The molecule has 21 heavy (non-hydrogen) atoms. The normalized spacial score (nSPS) is 19.3. The van der Waals surface area contributed by atoms with Crippen LogP contribution in [0.1, 0.15) is 43.7 Å². The second-order valence-corrected chi connectivity index (χ2v) is 6.24. The Bertz CT molecular complexity index is 464. The molecular weight excluding hydrogens is 258 g/mol. The third-order valence-corrected chi connectivity index (χ3v) is 4.20. The predicted molar refractivity (Wildman–Crippen MR) is 86.9 cm³/mol. The molecule has 1 aliphatic rings. The maximum absolute atomic E-state index is 8.87. The van der Waals surface area contributed by atoms with Crippen molar-refractivity contribution in [2.75, 3.05) is 26.2 Å². The van der Waals surface area contributed by atoms with Gasteiger partial charge in [0.2, 0.25) is 0 Å². The average molecular weight is 285 g/mol. The van der Waals surface area contributed by atoms with E-state index in [4.69, 9.17) is 5.26 Å². The van der Waals surface area contributed by atoms with Gasteiger partial charge >= 0.3 is 0 Å². The number of benzene rings is 1. The lowest BCUT2D eigenvalue weighted by atomic mass is 10.0. The van der Waals surface area contributed by atoms with E-state index in [0.717, 1.165) is 24.6 Å². The molecule has 3 heteroatoms. The van der Waals surface area contributed by atoms with Gasteiger partial charge in [0.05, 0.1) is 11.6 Å². The smallest absolute Gasteiger partial charge is 0.0991 e. The van der Waals surface area contributed by atoms with Crippen molar-refractivity contribution in [1.29, 1.82) is 5.26 Å². The molecule has 0 bridgehead atoms. The summed E-state index contributed by atoms with van der Waals surface area (Å²) in [5, 5.41) is 12.3. The highest BCUT2D eigenvalue weighted by atomic mass is 15.1. The van der Waals surface area contributed by atoms with Gasteiger partial charge in [-0.2, -0.15) is 5.26 Å². The first-order valence-electron chi connectivity index (χ1n) is 8.20. The summed E-state index contributed by atoms with van der Waals surface area (Å²) in [6, 6.07) is 10.0. The Morgan fingerprint density at radius 2 is 2.29 bits per heavy atom. The van der Waals surface area contributed by atoms with Gasteiger partial charge in [0.1, 0.15) is 0 Å². The summed E-state index contributed by atoms with van der Waals surface area (Å²) in [6.07, 6.45) is 5.27. The molecule has 0 radical (unpaired) electrons. The molecule has 0 amide bonds. The Morgan fingerprint density at radius 3 is 3.10 bits per heavy atom. The lowest BCUT2D eigenvalue weighted by molar-refractivity contribution is 0.181. The zero-order chi connectivity index (χ0) is 14.9. The molecule has 114 valence electrons. The maximum Gasteiger partial charge on any atom is 0.0991 e. The van der Waals surface area contributed by atoms with E-state index in [1.807, 2.05) is 18.2 Å². The second-order valence-electron chi connectivity index (χ2n) is 6.24. The summed E-state index contributed by atoms with van der Waals surface area (Å²) < 4.78 is 0. The Hall–Kier alpha value is -1.37. The van der Waals surface area contributed by atoms with Crippen molar-refractivity contribution >= 4 is 0 Å². The molecule has 1 N–H and O–H groups in total. The zero-order valence-corrected chi connectivity index (χ0v) is 13.1. The van der Waals surface area contributed by atoms with Crippen LogP contribution in [-0.2, 0) is 6.54 Å². The lowest BCUT2D eigenvalue weighted by Crippen LogP contribution is -2.35. The highest BCUT2D eigenvalue weighted by molar-refractivity contribution is 5.32. The molecule has 1 aromatic rings. The first-order valence-corrected chi connectivity index (χ1v) is 8.20. The van der Waals surface area contributed by atoms with Gasteiger partial charge < -0.3 is 10.2 Å². The molecule has 0 aliphatic carbocycles. The van der Waals surface area contributed by atoms with E-state index < -0.39 is 0 Å². The van der Waals surface area contributed by atoms with Crippen LogP contribution in [-0.4, -0.2) is 31.1 Å². The van der Waals surface area contributed by atoms with Crippen molar-refractivity contribution in [2.45, 2.75) is 39.2 Å². The minimum atomic E-state index is 0.744. The predicted octanol–water partition coefficient (Wildman–Crippen LogP) is 3.16. The van der Waals surface area contributed by atoms with Crippen molar-refractivity contribution in [1.82, 2.24) is 10.2 Å². The first-order chi connectivity index (χ1) is 10.3. The fourth-order valence-electron chi connectivity index (χ4n) is 3.06. The van der Waals surface area contributed by atoms with Crippen molar-refractivity contribution in [3.8, 4) is 6.07 Å². The average Bonchev–Trinajstić information content (AvgIpc) is 2.51. The Morgan fingerprint density at radius 1 is 1.38 bits per heavy atom. The van der Waals surface area contributed by atoms with Crippen LogP contribution in [0.25, 0.3) is 0 Å². The van der Waals surface area contributed by atoms with Crippen LogP contribution in [0.2, 0.25) is 0 Å². The lowest BCUT2D eigenvalue weighted by Gasteiger charge is -2.30. The van der Waals surface area contributed by atoms with Crippen LogP contribution in [0.3, 0.4) is 0 Å². The molecule has 0 spiro atoms. The number of nitrogens with zero attached hydrogens (tertiary/aromatic N) is 2. The van der Waals surface area contributed by atoms with Gasteiger partial charge in [-0.25, -0.2) is 0 Å². The SMILES string of the molecule is CC1CCCN(CCCCNCc2cccc(C#N)c2)C1. The van der Waals surface area contributed by atoms with Crippen molar-refractivity contribution in [3.05, 3.63) is 35.4 Å². The van der Waals surface area contributed by atoms with Crippen LogP contribution in [0, 0.1) is 17.2 Å².